The van der Waals surface area contributed by atoms with Gasteiger partial charge in [-0.1, -0.05) is 25.4 Å². The van der Waals surface area contributed by atoms with E-state index >= 15 is 0 Å². The molecule has 0 fully saturated rings. The zero-order valence-electron chi connectivity index (χ0n) is 15.2. The highest BCUT2D eigenvalue weighted by atomic mass is 35.5. The van der Waals surface area contributed by atoms with Gasteiger partial charge >= 0.3 is 0 Å². The molecule has 5 nitrogen and oxygen atoms in total. The van der Waals surface area contributed by atoms with Crippen LogP contribution in [0.2, 0.25) is 5.02 Å². The van der Waals surface area contributed by atoms with E-state index in [1.807, 2.05) is 44.3 Å². The molecule has 0 aliphatic carbocycles. The molecule has 27 heavy (non-hydrogen) atoms. The Labute approximate surface area is 161 Å². The number of aromatic nitrogens is 2. The number of benzene rings is 2. The first-order valence-electron chi connectivity index (χ1n) is 8.95. The fourth-order valence-electron chi connectivity index (χ4n) is 3.10. The van der Waals surface area contributed by atoms with Crippen LogP contribution in [0.5, 0.6) is 0 Å². The largest absolute Gasteiger partial charge is 0.440 e. The summed E-state index contributed by atoms with van der Waals surface area (Å²) in [6, 6.07) is 11.1. The lowest BCUT2D eigenvalue weighted by Gasteiger charge is -2.05. The van der Waals surface area contributed by atoms with Crippen LogP contribution in [0.4, 0.5) is 0 Å². The molecule has 0 saturated carbocycles. The SMILES string of the molecule is CC(C)c1nc2ccc(C(=O)NCCc3c[nH]c4ccc(Cl)cc34)cc2o1. The number of hydrogen-bond acceptors (Lipinski definition) is 3. The first-order chi connectivity index (χ1) is 13.0. The maximum atomic E-state index is 12.5. The minimum atomic E-state index is -0.128. The number of carbonyl (C=O) groups is 1. The van der Waals surface area contributed by atoms with Gasteiger partial charge in [0.1, 0.15) is 5.52 Å². The quantitative estimate of drug-likeness (QED) is 0.507. The molecule has 2 heterocycles. The van der Waals surface area contributed by atoms with Crippen molar-refractivity contribution in [2.75, 3.05) is 6.54 Å². The summed E-state index contributed by atoms with van der Waals surface area (Å²) in [5.74, 6) is 0.761. The number of nitrogens with one attached hydrogen (secondary N) is 2. The topological polar surface area (TPSA) is 70.9 Å². The van der Waals surface area contributed by atoms with Gasteiger partial charge in [-0.2, -0.15) is 0 Å². The first-order valence-corrected chi connectivity index (χ1v) is 9.33. The average Bonchev–Trinajstić information content (AvgIpc) is 3.25. The normalized spacial score (nSPS) is 11.6. The van der Waals surface area contributed by atoms with Gasteiger partial charge in [-0.3, -0.25) is 4.79 Å². The Hall–Kier alpha value is -2.79. The van der Waals surface area contributed by atoms with Crippen molar-refractivity contribution in [1.82, 2.24) is 15.3 Å². The van der Waals surface area contributed by atoms with Crippen LogP contribution < -0.4 is 5.32 Å². The van der Waals surface area contributed by atoms with E-state index in [1.165, 1.54) is 0 Å². The highest BCUT2D eigenvalue weighted by molar-refractivity contribution is 6.31. The molecule has 0 bridgehead atoms. The van der Waals surface area contributed by atoms with Crippen molar-refractivity contribution in [3.05, 3.63) is 64.6 Å². The summed E-state index contributed by atoms with van der Waals surface area (Å²) in [6.07, 6.45) is 2.68. The van der Waals surface area contributed by atoms with Crippen LogP contribution in [0.3, 0.4) is 0 Å². The van der Waals surface area contributed by atoms with Crippen molar-refractivity contribution in [3.8, 4) is 0 Å². The molecule has 1 amide bonds. The number of hydrogen-bond donors (Lipinski definition) is 2. The molecule has 138 valence electrons. The Morgan fingerprint density at radius 1 is 1.26 bits per heavy atom. The maximum Gasteiger partial charge on any atom is 0.251 e. The van der Waals surface area contributed by atoms with Crippen molar-refractivity contribution in [2.45, 2.75) is 26.2 Å². The van der Waals surface area contributed by atoms with Gasteiger partial charge in [0.05, 0.1) is 0 Å². The molecule has 0 saturated heterocycles. The number of rotatable bonds is 5. The van der Waals surface area contributed by atoms with Gasteiger partial charge < -0.3 is 14.7 Å². The molecule has 0 radical (unpaired) electrons. The van der Waals surface area contributed by atoms with Crippen LogP contribution >= 0.6 is 11.6 Å². The third kappa shape index (κ3) is 3.55. The molecule has 4 rings (SSSR count). The molecule has 0 unspecified atom stereocenters. The number of halogens is 1. The third-order valence-corrected chi connectivity index (χ3v) is 4.81. The number of nitrogens with zero attached hydrogens (tertiary/aromatic N) is 1. The lowest BCUT2D eigenvalue weighted by molar-refractivity contribution is 0.0954. The standard InChI is InChI=1S/C21H20ClN3O2/c1-12(2)21-25-18-5-3-13(9-19(18)27-21)20(26)23-8-7-14-11-24-17-6-4-15(22)10-16(14)17/h3-6,9-12,24H,7-8H2,1-2H3,(H,23,26). The number of amides is 1. The Bertz CT molecular complexity index is 1130. The van der Waals surface area contributed by atoms with Crippen molar-refractivity contribution < 1.29 is 9.21 Å². The number of carbonyl (C=O) groups excluding carboxylic acids is 1. The Morgan fingerprint density at radius 2 is 2.11 bits per heavy atom. The fourth-order valence-corrected chi connectivity index (χ4v) is 3.27. The van der Waals surface area contributed by atoms with Gasteiger partial charge in [0.2, 0.25) is 0 Å². The molecule has 0 spiro atoms. The first kappa shape index (κ1) is 17.6. The second kappa shape index (κ2) is 7.08. The predicted molar refractivity (Wildman–Crippen MR) is 107 cm³/mol. The van der Waals surface area contributed by atoms with E-state index in [1.54, 1.807) is 12.1 Å². The smallest absolute Gasteiger partial charge is 0.251 e. The number of aromatic amines is 1. The zero-order valence-corrected chi connectivity index (χ0v) is 15.9. The van der Waals surface area contributed by atoms with E-state index in [4.69, 9.17) is 16.0 Å². The molecule has 0 aliphatic heterocycles. The van der Waals surface area contributed by atoms with Gasteiger partial charge in [0.25, 0.3) is 5.91 Å². The van der Waals surface area contributed by atoms with Crippen LogP contribution in [0, 0.1) is 0 Å². The van der Waals surface area contributed by atoms with Gasteiger partial charge in [-0.05, 0) is 48.4 Å². The minimum Gasteiger partial charge on any atom is -0.440 e. The van der Waals surface area contributed by atoms with Crippen LogP contribution in [0.1, 0.15) is 41.6 Å². The maximum absolute atomic E-state index is 12.5. The second-order valence-electron chi connectivity index (χ2n) is 6.90. The fraction of sp³-hybridized carbons (Fsp3) is 0.238. The van der Waals surface area contributed by atoms with Crippen molar-refractivity contribution >= 4 is 39.5 Å². The lowest BCUT2D eigenvalue weighted by Crippen LogP contribution is -2.25. The van der Waals surface area contributed by atoms with E-state index in [2.05, 4.69) is 15.3 Å². The number of H-pyrrole nitrogens is 1. The van der Waals surface area contributed by atoms with Crippen LogP contribution in [0.25, 0.3) is 22.0 Å². The lowest BCUT2D eigenvalue weighted by atomic mass is 10.1. The molecule has 2 N–H and O–H groups in total. The highest BCUT2D eigenvalue weighted by Gasteiger charge is 2.13. The highest BCUT2D eigenvalue weighted by Crippen LogP contribution is 2.23. The zero-order chi connectivity index (χ0) is 19.0. The average molecular weight is 382 g/mol. The second-order valence-corrected chi connectivity index (χ2v) is 7.34. The molecule has 2 aromatic carbocycles. The molecule has 0 atom stereocenters. The molecular weight excluding hydrogens is 362 g/mol. The van der Waals surface area contributed by atoms with E-state index in [9.17, 15) is 4.79 Å². The monoisotopic (exact) mass is 381 g/mol. The summed E-state index contributed by atoms with van der Waals surface area (Å²) in [6.45, 7) is 4.58. The number of fused-ring (bicyclic) bond motifs is 2. The van der Waals surface area contributed by atoms with Crippen LogP contribution in [-0.4, -0.2) is 22.4 Å². The van der Waals surface area contributed by atoms with E-state index < -0.39 is 0 Å². The summed E-state index contributed by atoms with van der Waals surface area (Å²) in [5.41, 5.74) is 4.14. The third-order valence-electron chi connectivity index (χ3n) is 4.57. The Balaban J connectivity index is 1.44. The Morgan fingerprint density at radius 3 is 2.93 bits per heavy atom. The van der Waals surface area contributed by atoms with Gasteiger partial charge in [0.15, 0.2) is 11.5 Å². The summed E-state index contributed by atoms with van der Waals surface area (Å²) >= 11 is 6.08. The molecule has 2 aromatic heterocycles. The van der Waals surface area contributed by atoms with Gasteiger partial charge in [0, 0.05) is 40.1 Å². The van der Waals surface area contributed by atoms with Crippen molar-refractivity contribution in [2.24, 2.45) is 0 Å². The van der Waals surface area contributed by atoms with Gasteiger partial charge in [-0.25, -0.2) is 4.98 Å². The molecule has 4 aromatic rings. The van der Waals surface area contributed by atoms with Crippen molar-refractivity contribution in [1.29, 1.82) is 0 Å². The molecule has 0 aliphatic rings. The Kier molecular flexibility index (Phi) is 4.62. The van der Waals surface area contributed by atoms with E-state index in [0.717, 1.165) is 22.0 Å². The minimum absolute atomic E-state index is 0.128. The summed E-state index contributed by atoms with van der Waals surface area (Å²) in [5, 5.41) is 4.75. The number of oxazole rings is 1. The summed E-state index contributed by atoms with van der Waals surface area (Å²) < 4.78 is 5.74. The van der Waals surface area contributed by atoms with E-state index in [-0.39, 0.29) is 11.8 Å². The summed E-state index contributed by atoms with van der Waals surface area (Å²) in [4.78, 5) is 20.1. The van der Waals surface area contributed by atoms with Crippen LogP contribution in [-0.2, 0) is 6.42 Å². The van der Waals surface area contributed by atoms with Gasteiger partial charge in [-0.15, -0.1) is 0 Å². The molecule has 6 heteroatoms. The van der Waals surface area contributed by atoms with Crippen molar-refractivity contribution in [3.63, 3.8) is 0 Å². The summed E-state index contributed by atoms with van der Waals surface area (Å²) in [7, 11) is 0. The molecular formula is C21H20ClN3O2. The predicted octanol–water partition coefficient (Wildman–Crippen LogP) is 5.06. The van der Waals surface area contributed by atoms with Crippen LogP contribution in [0.15, 0.2) is 47.0 Å². The van der Waals surface area contributed by atoms with E-state index in [0.29, 0.717) is 35.0 Å².